The van der Waals surface area contributed by atoms with Crippen molar-refractivity contribution in [1.29, 1.82) is 0 Å². The predicted molar refractivity (Wildman–Crippen MR) is 125 cm³/mol. The Hall–Kier alpha value is -3.10. The zero-order valence-corrected chi connectivity index (χ0v) is 19.0. The first kappa shape index (κ1) is 24.5. The largest absolute Gasteiger partial charge is 0.404 e. The lowest BCUT2D eigenvalue weighted by Crippen LogP contribution is -2.42. The van der Waals surface area contributed by atoms with E-state index in [2.05, 4.69) is 4.99 Å². The third-order valence-corrected chi connectivity index (χ3v) is 5.65. The van der Waals surface area contributed by atoms with Crippen molar-refractivity contribution < 1.29 is 18.3 Å². The molecule has 0 bridgehead atoms. The number of halogens is 2. The number of amides is 1. The molecule has 176 valence electrons. The van der Waals surface area contributed by atoms with Crippen LogP contribution in [-0.4, -0.2) is 49.4 Å². The number of fused-ring (bicyclic) bond motifs is 1. The first-order chi connectivity index (χ1) is 15.9. The van der Waals surface area contributed by atoms with Crippen LogP contribution in [0.15, 0.2) is 53.2 Å². The number of benzene rings is 2. The van der Waals surface area contributed by atoms with Crippen LogP contribution < -0.4 is 11.5 Å². The number of hydrogen-bond acceptors (Lipinski definition) is 5. The van der Waals surface area contributed by atoms with Crippen molar-refractivity contribution in [2.24, 2.45) is 16.5 Å². The van der Waals surface area contributed by atoms with Crippen molar-refractivity contribution in [2.45, 2.75) is 32.4 Å². The zero-order valence-electron chi connectivity index (χ0n) is 19.0. The topological polar surface area (TPSA) is 93.9 Å². The van der Waals surface area contributed by atoms with Crippen molar-refractivity contribution >= 4 is 11.6 Å². The molecule has 1 aliphatic rings. The standard InChI is InChI=1S/C25H30F2N4O2/c1-3-6-33-15-19(12-28)24(30-2)17-4-5-23-18(10-17)14-31(25(23)32)22(13-29)9-16-7-20(26)11-21(27)8-16/h4-5,7-8,10-12,22H,3,6,9,13-15,28-29H2,1-2H3/b19-12-,30-24?. The van der Waals surface area contributed by atoms with Gasteiger partial charge in [0.2, 0.25) is 0 Å². The van der Waals surface area contributed by atoms with E-state index in [9.17, 15) is 13.6 Å². The van der Waals surface area contributed by atoms with Crippen molar-refractivity contribution in [2.75, 3.05) is 26.8 Å². The van der Waals surface area contributed by atoms with Crippen molar-refractivity contribution in [1.82, 2.24) is 4.90 Å². The smallest absolute Gasteiger partial charge is 0.254 e. The minimum atomic E-state index is -0.653. The maximum Gasteiger partial charge on any atom is 0.254 e. The molecule has 1 amide bonds. The monoisotopic (exact) mass is 456 g/mol. The van der Waals surface area contributed by atoms with Crippen LogP contribution in [0, 0.1) is 11.6 Å². The molecule has 0 saturated carbocycles. The van der Waals surface area contributed by atoms with Gasteiger partial charge in [-0.15, -0.1) is 0 Å². The van der Waals surface area contributed by atoms with E-state index in [4.69, 9.17) is 16.2 Å². The van der Waals surface area contributed by atoms with Gasteiger partial charge in [-0.2, -0.15) is 0 Å². The van der Waals surface area contributed by atoms with Gasteiger partial charge in [-0.3, -0.25) is 9.79 Å². The van der Waals surface area contributed by atoms with Crippen LogP contribution in [0.25, 0.3) is 0 Å². The highest BCUT2D eigenvalue weighted by molar-refractivity contribution is 6.13. The van der Waals surface area contributed by atoms with Crippen molar-refractivity contribution in [3.8, 4) is 0 Å². The Morgan fingerprint density at radius 3 is 2.58 bits per heavy atom. The number of carbonyl (C=O) groups excluding carboxylic acids is 1. The summed E-state index contributed by atoms with van der Waals surface area (Å²) in [5, 5.41) is 0. The van der Waals surface area contributed by atoms with Gasteiger partial charge in [0, 0.05) is 61.8 Å². The fraction of sp³-hybridized carbons (Fsp3) is 0.360. The molecule has 1 atom stereocenters. The summed E-state index contributed by atoms with van der Waals surface area (Å²) in [6, 6.07) is 8.50. The van der Waals surface area contributed by atoms with Crippen molar-refractivity contribution in [3.63, 3.8) is 0 Å². The van der Waals surface area contributed by atoms with Gasteiger partial charge in [-0.1, -0.05) is 13.0 Å². The minimum Gasteiger partial charge on any atom is -0.404 e. The normalized spacial score (nSPS) is 15.2. The zero-order chi connectivity index (χ0) is 24.0. The molecule has 4 N–H and O–H groups in total. The maximum absolute atomic E-state index is 13.6. The van der Waals surface area contributed by atoms with Crippen LogP contribution in [0.3, 0.4) is 0 Å². The Morgan fingerprint density at radius 2 is 1.97 bits per heavy atom. The molecule has 2 aromatic rings. The van der Waals surface area contributed by atoms with E-state index in [0.29, 0.717) is 36.6 Å². The van der Waals surface area contributed by atoms with Gasteiger partial charge in [-0.05, 0) is 48.2 Å². The van der Waals surface area contributed by atoms with Crippen LogP contribution in [0.1, 0.15) is 40.4 Å². The molecule has 1 unspecified atom stereocenters. The third kappa shape index (κ3) is 5.64. The second kappa shape index (κ2) is 11.2. The SMILES string of the molecule is CCCOC/C(=C/N)C(=NC)c1ccc2c(c1)CN(C(CN)Cc1cc(F)cc(F)c1)C2=O. The molecule has 1 aliphatic heterocycles. The fourth-order valence-corrected chi connectivity index (χ4v) is 4.09. The summed E-state index contributed by atoms with van der Waals surface area (Å²) < 4.78 is 32.9. The Bertz CT molecular complexity index is 1050. The lowest BCUT2D eigenvalue weighted by atomic mass is 9.99. The molecule has 3 rings (SSSR count). The minimum absolute atomic E-state index is 0.153. The van der Waals surface area contributed by atoms with E-state index in [1.165, 1.54) is 18.3 Å². The van der Waals surface area contributed by atoms with E-state index < -0.39 is 17.7 Å². The first-order valence-electron chi connectivity index (χ1n) is 11.0. The quantitative estimate of drug-likeness (QED) is 0.424. The number of carbonyl (C=O) groups is 1. The number of nitrogens with two attached hydrogens (primary N) is 2. The van der Waals surface area contributed by atoms with Crippen LogP contribution in [-0.2, 0) is 17.7 Å². The Labute approximate surface area is 192 Å². The van der Waals surface area contributed by atoms with Crippen LogP contribution in [0.4, 0.5) is 8.78 Å². The summed E-state index contributed by atoms with van der Waals surface area (Å²) in [7, 11) is 1.69. The summed E-state index contributed by atoms with van der Waals surface area (Å²) in [5.74, 6) is -1.46. The number of nitrogens with zero attached hydrogens (tertiary/aromatic N) is 2. The van der Waals surface area contributed by atoms with Gasteiger partial charge in [0.1, 0.15) is 11.6 Å². The van der Waals surface area contributed by atoms with Crippen LogP contribution in [0.5, 0.6) is 0 Å². The van der Waals surface area contributed by atoms with Gasteiger partial charge < -0.3 is 21.1 Å². The summed E-state index contributed by atoms with van der Waals surface area (Å²) in [6.45, 7) is 3.52. The molecule has 33 heavy (non-hydrogen) atoms. The average molecular weight is 457 g/mol. The molecule has 0 aliphatic carbocycles. The van der Waals surface area contributed by atoms with Crippen LogP contribution >= 0.6 is 0 Å². The van der Waals surface area contributed by atoms with Gasteiger partial charge in [0.05, 0.1) is 12.3 Å². The van der Waals surface area contributed by atoms with E-state index in [0.717, 1.165) is 29.2 Å². The summed E-state index contributed by atoms with van der Waals surface area (Å²) in [5.41, 5.74) is 16.0. The molecule has 2 aromatic carbocycles. The molecular formula is C25H30F2N4O2. The Kier molecular flexibility index (Phi) is 8.30. The number of ether oxygens (including phenoxy) is 1. The number of aliphatic imine (C=N–C) groups is 1. The summed E-state index contributed by atoms with van der Waals surface area (Å²) >= 11 is 0. The van der Waals surface area contributed by atoms with Crippen molar-refractivity contribution in [3.05, 3.63) is 82.1 Å². The van der Waals surface area contributed by atoms with E-state index >= 15 is 0 Å². The van der Waals surface area contributed by atoms with Gasteiger partial charge in [0.25, 0.3) is 5.91 Å². The summed E-state index contributed by atoms with van der Waals surface area (Å²) in [4.78, 5) is 19.1. The molecule has 6 nitrogen and oxygen atoms in total. The second-order valence-corrected chi connectivity index (χ2v) is 7.99. The van der Waals surface area contributed by atoms with E-state index in [1.807, 2.05) is 19.1 Å². The summed E-state index contributed by atoms with van der Waals surface area (Å²) in [6.07, 6.45) is 2.65. The number of rotatable bonds is 10. The third-order valence-electron chi connectivity index (χ3n) is 5.65. The highest BCUT2D eigenvalue weighted by Crippen LogP contribution is 2.28. The highest BCUT2D eigenvalue weighted by atomic mass is 19.1. The lowest BCUT2D eigenvalue weighted by molar-refractivity contribution is 0.0708. The van der Waals surface area contributed by atoms with Gasteiger partial charge >= 0.3 is 0 Å². The number of hydrogen-bond donors (Lipinski definition) is 2. The highest BCUT2D eigenvalue weighted by Gasteiger charge is 2.32. The lowest BCUT2D eigenvalue weighted by Gasteiger charge is -2.26. The average Bonchev–Trinajstić information content (AvgIpc) is 3.12. The molecule has 8 heteroatoms. The fourth-order valence-electron chi connectivity index (χ4n) is 4.09. The molecule has 0 aromatic heterocycles. The predicted octanol–water partition coefficient (Wildman–Crippen LogP) is 3.18. The molecule has 0 radical (unpaired) electrons. The van der Waals surface area contributed by atoms with Crippen LogP contribution in [0.2, 0.25) is 0 Å². The maximum atomic E-state index is 13.6. The molecular weight excluding hydrogens is 426 g/mol. The van der Waals surface area contributed by atoms with Gasteiger partial charge in [-0.25, -0.2) is 8.78 Å². The molecule has 0 fully saturated rings. The second-order valence-electron chi connectivity index (χ2n) is 7.99. The molecule has 0 spiro atoms. The first-order valence-corrected chi connectivity index (χ1v) is 11.0. The Morgan fingerprint density at radius 1 is 1.24 bits per heavy atom. The molecule has 0 saturated heterocycles. The van der Waals surface area contributed by atoms with E-state index in [1.54, 1.807) is 18.0 Å². The Balaban J connectivity index is 1.81. The van der Waals surface area contributed by atoms with E-state index in [-0.39, 0.29) is 18.9 Å². The molecule has 1 heterocycles. The van der Waals surface area contributed by atoms with Gasteiger partial charge in [0.15, 0.2) is 0 Å².